The molecule has 9 heteroatoms. The molecule has 0 bridgehead atoms. The van der Waals surface area contributed by atoms with Gasteiger partial charge in [-0.3, -0.25) is 0 Å². The van der Waals surface area contributed by atoms with Crippen molar-refractivity contribution in [2.75, 3.05) is 12.3 Å². The number of sulfonamides is 1. The van der Waals surface area contributed by atoms with Crippen LogP contribution in [-0.2, 0) is 16.2 Å². The lowest BCUT2D eigenvalue weighted by atomic mass is 9.86. The first-order valence-corrected chi connectivity index (χ1v) is 9.53. The number of fused-ring (bicyclic) bond motifs is 1. The number of hydrogen-bond donors (Lipinski definition) is 1. The molecule has 1 aliphatic heterocycles. The Bertz CT molecular complexity index is 746. The molecule has 1 N–H and O–H groups in total. The van der Waals surface area contributed by atoms with Crippen LogP contribution in [0.25, 0.3) is 0 Å². The Morgan fingerprint density at radius 3 is 2.36 bits per heavy atom. The minimum Gasteiger partial charge on any atom is -0.485 e. The number of alkyl halides is 3. The van der Waals surface area contributed by atoms with E-state index in [9.17, 15) is 26.7 Å². The summed E-state index contributed by atoms with van der Waals surface area (Å²) in [5, 5.41) is 10.7. The molecule has 0 amide bonds. The van der Waals surface area contributed by atoms with Gasteiger partial charge < -0.3 is 9.84 Å². The van der Waals surface area contributed by atoms with E-state index >= 15 is 0 Å². The number of ether oxygens (including phenoxy) is 1. The first-order valence-electron chi connectivity index (χ1n) is 7.93. The zero-order valence-corrected chi connectivity index (χ0v) is 15.3. The van der Waals surface area contributed by atoms with Crippen molar-refractivity contribution >= 4 is 10.0 Å². The van der Waals surface area contributed by atoms with E-state index in [1.54, 1.807) is 20.8 Å². The van der Waals surface area contributed by atoms with Crippen LogP contribution in [0.5, 0.6) is 5.75 Å². The summed E-state index contributed by atoms with van der Waals surface area (Å²) < 4.78 is 70.8. The summed E-state index contributed by atoms with van der Waals surface area (Å²) in [6, 6.07) is 1.75. The van der Waals surface area contributed by atoms with E-state index < -0.39 is 39.5 Å². The number of aliphatic hydroxyl groups is 1. The number of nitrogens with zero attached hydrogens (tertiary/aromatic N) is 1. The largest absolute Gasteiger partial charge is 0.485 e. The highest BCUT2D eigenvalue weighted by atomic mass is 32.2. The SMILES string of the molecule is CCN([C@H]1c2cc(C(F)(F)F)ccc2OC(C)(C)[C@@H]1O)S(=O)(=O)CC. The summed E-state index contributed by atoms with van der Waals surface area (Å²) in [6.45, 7) is 6.18. The predicted octanol–water partition coefficient (Wildman–Crippen LogP) is 2.95. The molecular formula is C16H22F3NO4S. The molecule has 2 rings (SSSR count). The van der Waals surface area contributed by atoms with Crippen LogP contribution in [0.2, 0.25) is 0 Å². The number of halogens is 3. The van der Waals surface area contributed by atoms with Crippen molar-refractivity contribution in [2.45, 2.75) is 51.6 Å². The predicted molar refractivity (Wildman–Crippen MR) is 86.7 cm³/mol. The van der Waals surface area contributed by atoms with E-state index in [1.165, 1.54) is 13.0 Å². The first kappa shape index (κ1) is 20.0. The van der Waals surface area contributed by atoms with Gasteiger partial charge in [-0.25, -0.2) is 8.42 Å². The van der Waals surface area contributed by atoms with Gasteiger partial charge in [0.1, 0.15) is 17.5 Å². The monoisotopic (exact) mass is 381 g/mol. The topological polar surface area (TPSA) is 66.8 Å². The molecule has 0 fully saturated rings. The molecule has 25 heavy (non-hydrogen) atoms. The zero-order valence-electron chi connectivity index (χ0n) is 14.5. The second kappa shape index (κ2) is 6.44. The van der Waals surface area contributed by atoms with Gasteiger partial charge in [-0.05, 0) is 39.0 Å². The van der Waals surface area contributed by atoms with Crippen LogP contribution < -0.4 is 4.74 Å². The van der Waals surface area contributed by atoms with Gasteiger partial charge in [0.25, 0.3) is 0 Å². The van der Waals surface area contributed by atoms with Gasteiger partial charge in [0.05, 0.1) is 17.4 Å². The highest BCUT2D eigenvalue weighted by Gasteiger charge is 2.48. The van der Waals surface area contributed by atoms with Gasteiger partial charge >= 0.3 is 6.18 Å². The number of aliphatic hydroxyl groups excluding tert-OH is 1. The van der Waals surface area contributed by atoms with Crippen molar-refractivity contribution < 1.29 is 31.4 Å². The maximum Gasteiger partial charge on any atom is 0.416 e. The third-order valence-electron chi connectivity index (χ3n) is 4.38. The highest BCUT2D eigenvalue weighted by Crippen LogP contribution is 2.45. The summed E-state index contributed by atoms with van der Waals surface area (Å²) in [7, 11) is -3.75. The molecule has 0 saturated heterocycles. The van der Waals surface area contributed by atoms with Crippen LogP contribution >= 0.6 is 0 Å². The molecule has 142 valence electrons. The average molecular weight is 381 g/mol. The first-order chi connectivity index (χ1) is 11.3. The minimum absolute atomic E-state index is 0.0144. The normalized spacial score (nSPS) is 23.2. The second-order valence-electron chi connectivity index (χ2n) is 6.45. The highest BCUT2D eigenvalue weighted by molar-refractivity contribution is 7.89. The van der Waals surface area contributed by atoms with Crippen molar-refractivity contribution in [3.63, 3.8) is 0 Å². The van der Waals surface area contributed by atoms with Crippen molar-refractivity contribution in [3.05, 3.63) is 29.3 Å². The fraction of sp³-hybridized carbons (Fsp3) is 0.625. The fourth-order valence-electron chi connectivity index (χ4n) is 2.99. The quantitative estimate of drug-likeness (QED) is 0.871. The van der Waals surface area contributed by atoms with E-state index in [-0.39, 0.29) is 23.6 Å². The third-order valence-corrected chi connectivity index (χ3v) is 6.31. The van der Waals surface area contributed by atoms with Gasteiger partial charge in [0, 0.05) is 12.1 Å². The Kier molecular flexibility index (Phi) is 5.15. The molecule has 1 aromatic rings. The summed E-state index contributed by atoms with van der Waals surface area (Å²) in [6.07, 6.45) is -5.91. The van der Waals surface area contributed by atoms with E-state index in [1.807, 2.05) is 0 Å². The van der Waals surface area contributed by atoms with Crippen molar-refractivity contribution in [3.8, 4) is 5.75 Å². The Balaban J connectivity index is 2.70. The maximum atomic E-state index is 13.1. The standard InChI is InChI=1S/C16H22F3NO4S/c1-5-20(25(22,23)6-2)13-11-9-10(16(17,18)19)7-8-12(11)24-15(3,4)14(13)21/h7-9,13-14,21H,5-6H2,1-4H3/t13-,14+/m0/s1. The molecule has 5 nitrogen and oxygen atoms in total. The smallest absolute Gasteiger partial charge is 0.416 e. The van der Waals surface area contributed by atoms with E-state index in [0.717, 1.165) is 16.4 Å². The summed E-state index contributed by atoms with van der Waals surface area (Å²) in [5.41, 5.74) is -2.06. The van der Waals surface area contributed by atoms with Crippen LogP contribution in [0.3, 0.4) is 0 Å². The van der Waals surface area contributed by atoms with Gasteiger partial charge in [-0.1, -0.05) is 6.92 Å². The Morgan fingerprint density at radius 1 is 1.28 bits per heavy atom. The fourth-order valence-corrected chi connectivity index (χ4v) is 4.29. The lowest BCUT2D eigenvalue weighted by molar-refractivity contribution is -0.138. The molecule has 0 unspecified atom stereocenters. The van der Waals surface area contributed by atoms with Crippen molar-refractivity contribution in [2.24, 2.45) is 0 Å². The molecule has 0 radical (unpaired) electrons. The molecule has 0 aliphatic carbocycles. The molecule has 0 spiro atoms. The number of likely N-dealkylation sites (N-methyl/N-ethyl adjacent to an activating group) is 1. The minimum atomic E-state index is -4.59. The van der Waals surface area contributed by atoms with E-state index in [4.69, 9.17) is 4.74 Å². The van der Waals surface area contributed by atoms with E-state index in [2.05, 4.69) is 0 Å². The van der Waals surface area contributed by atoms with Gasteiger partial charge in [0.2, 0.25) is 10.0 Å². The maximum absolute atomic E-state index is 13.1. The molecule has 0 aromatic heterocycles. The van der Waals surface area contributed by atoms with Crippen LogP contribution in [0.15, 0.2) is 18.2 Å². The average Bonchev–Trinajstić information content (AvgIpc) is 2.50. The van der Waals surface area contributed by atoms with Crippen molar-refractivity contribution in [1.29, 1.82) is 0 Å². The molecule has 0 saturated carbocycles. The number of benzene rings is 1. The van der Waals surface area contributed by atoms with Crippen LogP contribution in [0.1, 0.15) is 44.9 Å². The molecule has 1 aromatic carbocycles. The van der Waals surface area contributed by atoms with E-state index in [0.29, 0.717) is 0 Å². The molecular weight excluding hydrogens is 359 g/mol. The van der Waals surface area contributed by atoms with Crippen LogP contribution in [0, 0.1) is 0 Å². The Morgan fingerprint density at radius 2 is 1.88 bits per heavy atom. The summed E-state index contributed by atoms with van der Waals surface area (Å²) in [4.78, 5) is 0. The molecule has 1 heterocycles. The lowest BCUT2D eigenvalue weighted by Crippen LogP contribution is -2.54. The van der Waals surface area contributed by atoms with Gasteiger partial charge in [-0.2, -0.15) is 17.5 Å². The van der Waals surface area contributed by atoms with Crippen LogP contribution in [0.4, 0.5) is 13.2 Å². The Hall–Kier alpha value is -1.32. The third kappa shape index (κ3) is 3.63. The Labute approximate surface area is 145 Å². The second-order valence-corrected chi connectivity index (χ2v) is 8.66. The molecule has 2 atom stereocenters. The number of hydrogen-bond acceptors (Lipinski definition) is 4. The van der Waals surface area contributed by atoms with Gasteiger partial charge in [-0.15, -0.1) is 0 Å². The lowest BCUT2D eigenvalue weighted by Gasteiger charge is -2.45. The summed E-state index contributed by atoms with van der Waals surface area (Å²) in [5.74, 6) is -0.0855. The molecule has 1 aliphatic rings. The van der Waals surface area contributed by atoms with Gasteiger partial charge in [0.15, 0.2) is 0 Å². The number of rotatable bonds is 4. The summed E-state index contributed by atoms with van der Waals surface area (Å²) >= 11 is 0. The van der Waals surface area contributed by atoms with Crippen LogP contribution in [-0.4, -0.2) is 41.8 Å². The zero-order chi connectivity index (χ0) is 19.2. The van der Waals surface area contributed by atoms with Crippen molar-refractivity contribution in [1.82, 2.24) is 4.31 Å².